The van der Waals surface area contributed by atoms with Crippen LogP contribution in [0.2, 0.25) is 0 Å². The molecule has 3 aromatic rings. The van der Waals surface area contributed by atoms with E-state index in [-0.39, 0.29) is 25.7 Å². The van der Waals surface area contributed by atoms with Crippen LogP contribution in [0.15, 0.2) is 48.5 Å². The second kappa shape index (κ2) is 9.82. The summed E-state index contributed by atoms with van der Waals surface area (Å²) in [5.74, 6) is -0.231. The van der Waals surface area contributed by atoms with Crippen molar-refractivity contribution in [3.05, 3.63) is 59.1 Å². The number of nitrogens with zero attached hydrogens (tertiary/aromatic N) is 1. The maximum atomic E-state index is 11.8. The Balaban J connectivity index is 1.32. The normalized spacial score (nSPS) is 10.6. The molecule has 7 nitrogen and oxygen atoms in total. The van der Waals surface area contributed by atoms with E-state index >= 15 is 0 Å². The Kier molecular flexibility index (Phi) is 6.94. The van der Waals surface area contributed by atoms with Crippen LogP contribution in [0.4, 0.5) is 0 Å². The van der Waals surface area contributed by atoms with Gasteiger partial charge in [0.15, 0.2) is 6.61 Å². The van der Waals surface area contributed by atoms with Crippen LogP contribution in [-0.4, -0.2) is 37.2 Å². The Morgan fingerprint density at radius 2 is 1.86 bits per heavy atom. The summed E-state index contributed by atoms with van der Waals surface area (Å²) in [6.07, 6.45) is 0. The van der Waals surface area contributed by atoms with Gasteiger partial charge in [0.05, 0.1) is 23.9 Å². The molecule has 3 rings (SSSR count). The van der Waals surface area contributed by atoms with Gasteiger partial charge in [-0.1, -0.05) is 24.3 Å². The summed E-state index contributed by atoms with van der Waals surface area (Å²) in [7, 11) is 1.59. The molecule has 0 bridgehead atoms. The van der Waals surface area contributed by atoms with Gasteiger partial charge in [0, 0.05) is 6.54 Å². The molecule has 0 saturated heterocycles. The fraction of sp³-hybridized carbons (Fsp3) is 0.250. The first kappa shape index (κ1) is 19.8. The number of carbonyl (C=O) groups is 2. The van der Waals surface area contributed by atoms with E-state index in [4.69, 9.17) is 14.2 Å². The minimum absolute atomic E-state index is 0.220. The number of nitrogens with one attached hydrogen (secondary N) is 1. The summed E-state index contributed by atoms with van der Waals surface area (Å²) < 4.78 is 16.4. The number of benzene rings is 2. The van der Waals surface area contributed by atoms with Crippen molar-refractivity contribution in [1.29, 1.82) is 0 Å². The summed E-state index contributed by atoms with van der Waals surface area (Å²) in [6.45, 7) is -0.0201. The van der Waals surface area contributed by atoms with Crippen molar-refractivity contribution >= 4 is 33.4 Å². The number of para-hydroxylation sites is 1. The lowest BCUT2D eigenvalue weighted by atomic mass is 10.2. The molecule has 0 aliphatic rings. The largest absolute Gasteiger partial charge is 0.497 e. The van der Waals surface area contributed by atoms with Gasteiger partial charge < -0.3 is 19.5 Å². The highest BCUT2D eigenvalue weighted by molar-refractivity contribution is 7.18. The van der Waals surface area contributed by atoms with Gasteiger partial charge in [0.2, 0.25) is 0 Å². The van der Waals surface area contributed by atoms with E-state index in [0.717, 1.165) is 26.5 Å². The molecule has 2 aromatic carbocycles. The number of aromatic nitrogens is 1. The van der Waals surface area contributed by atoms with Crippen molar-refractivity contribution in [3.63, 3.8) is 0 Å². The maximum Gasteiger partial charge on any atom is 0.332 e. The second-order valence-corrected chi connectivity index (χ2v) is 6.97. The van der Waals surface area contributed by atoms with Crippen LogP contribution in [0.5, 0.6) is 5.75 Å². The van der Waals surface area contributed by atoms with Crippen molar-refractivity contribution < 1.29 is 23.8 Å². The van der Waals surface area contributed by atoms with Gasteiger partial charge in [-0.15, -0.1) is 11.3 Å². The SMILES string of the molecule is COc1ccc(CNC(=O)COC(=O)COCc2nc3ccccc3s2)cc1. The van der Waals surface area contributed by atoms with Gasteiger partial charge in [-0.25, -0.2) is 9.78 Å². The molecular formula is C20H20N2O5S. The number of fused-ring (bicyclic) bond motifs is 1. The van der Waals surface area contributed by atoms with E-state index in [2.05, 4.69) is 10.3 Å². The van der Waals surface area contributed by atoms with Gasteiger partial charge in [0.25, 0.3) is 5.91 Å². The molecule has 146 valence electrons. The summed E-state index contributed by atoms with van der Waals surface area (Å²) in [4.78, 5) is 27.9. The van der Waals surface area contributed by atoms with Crippen LogP contribution in [0.25, 0.3) is 10.2 Å². The molecule has 1 aromatic heterocycles. The molecule has 28 heavy (non-hydrogen) atoms. The third-order valence-electron chi connectivity index (χ3n) is 3.80. The van der Waals surface area contributed by atoms with Gasteiger partial charge in [-0.3, -0.25) is 4.79 Å². The highest BCUT2D eigenvalue weighted by Gasteiger charge is 2.09. The number of hydrogen-bond acceptors (Lipinski definition) is 7. The summed E-state index contributed by atoms with van der Waals surface area (Å²) >= 11 is 1.51. The number of methoxy groups -OCH3 is 1. The van der Waals surface area contributed by atoms with Crippen molar-refractivity contribution in [2.24, 2.45) is 0 Å². The Bertz CT molecular complexity index is 906. The molecule has 0 fully saturated rings. The van der Waals surface area contributed by atoms with E-state index in [1.54, 1.807) is 7.11 Å². The first-order chi connectivity index (χ1) is 13.6. The molecule has 0 aliphatic carbocycles. The van der Waals surface area contributed by atoms with Gasteiger partial charge in [-0.2, -0.15) is 0 Å². The number of carbonyl (C=O) groups excluding carboxylic acids is 2. The molecule has 1 heterocycles. The Hall–Kier alpha value is -2.97. The number of hydrogen-bond donors (Lipinski definition) is 1. The van der Waals surface area contributed by atoms with Crippen molar-refractivity contribution in [1.82, 2.24) is 10.3 Å². The molecule has 1 N–H and O–H groups in total. The number of esters is 1. The lowest BCUT2D eigenvalue weighted by Gasteiger charge is -2.07. The number of amides is 1. The van der Waals surface area contributed by atoms with Crippen LogP contribution < -0.4 is 10.1 Å². The first-order valence-electron chi connectivity index (χ1n) is 8.61. The maximum absolute atomic E-state index is 11.8. The third kappa shape index (κ3) is 5.77. The zero-order valence-electron chi connectivity index (χ0n) is 15.3. The van der Waals surface area contributed by atoms with Crippen LogP contribution in [0.3, 0.4) is 0 Å². The van der Waals surface area contributed by atoms with E-state index in [9.17, 15) is 9.59 Å². The van der Waals surface area contributed by atoms with Gasteiger partial charge in [-0.05, 0) is 29.8 Å². The predicted molar refractivity (Wildman–Crippen MR) is 105 cm³/mol. The second-order valence-electron chi connectivity index (χ2n) is 5.85. The van der Waals surface area contributed by atoms with Gasteiger partial charge >= 0.3 is 5.97 Å². The quantitative estimate of drug-likeness (QED) is 0.556. The average Bonchev–Trinajstić information content (AvgIpc) is 3.14. The molecule has 0 atom stereocenters. The fourth-order valence-corrected chi connectivity index (χ4v) is 3.29. The first-order valence-corrected chi connectivity index (χ1v) is 9.43. The van der Waals surface area contributed by atoms with Crippen LogP contribution >= 0.6 is 11.3 Å². The standard InChI is InChI=1S/C20H20N2O5S/c1-25-15-8-6-14(7-9-15)10-21-18(23)11-27-20(24)13-26-12-19-22-16-4-2-3-5-17(16)28-19/h2-9H,10-13H2,1H3,(H,21,23). The average molecular weight is 400 g/mol. The minimum atomic E-state index is -0.597. The van der Waals surface area contributed by atoms with E-state index in [1.807, 2.05) is 48.5 Å². The summed E-state index contributed by atoms with van der Waals surface area (Å²) in [6, 6.07) is 15.1. The number of thiazole rings is 1. The predicted octanol–water partition coefficient (Wildman–Crippen LogP) is 2.68. The highest BCUT2D eigenvalue weighted by Crippen LogP contribution is 2.21. The highest BCUT2D eigenvalue weighted by atomic mass is 32.1. The smallest absolute Gasteiger partial charge is 0.332 e. The van der Waals surface area contributed by atoms with Crippen molar-refractivity contribution in [3.8, 4) is 5.75 Å². The van der Waals surface area contributed by atoms with Crippen molar-refractivity contribution in [2.75, 3.05) is 20.3 Å². The number of ether oxygens (including phenoxy) is 3. The van der Waals surface area contributed by atoms with Crippen molar-refractivity contribution in [2.45, 2.75) is 13.2 Å². The van der Waals surface area contributed by atoms with E-state index in [1.165, 1.54) is 11.3 Å². The minimum Gasteiger partial charge on any atom is -0.497 e. The van der Waals surface area contributed by atoms with E-state index < -0.39 is 5.97 Å². The van der Waals surface area contributed by atoms with Gasteiger partial charge in [0.1, 0.15) is 17.4 Å². The Morgan fingerprint density at radius 1 is 1.07 bits per heavy atom. The lowest BCUT2D eigenvalue weighted by Crippen LogP contribution is -2.29. The summed E-state index contributed by atoms with van der Waals surface area (Å²) in [5.41, 5.74) is 1.82. The van der Waals surface area contributed by atoms with Crippen LogP contribution in [0.1, 0.15) is 10.6 Å². The molecule has 0 radical (unpaired) electrons. The Morgan fingerprint density at radius 3 is 2.61 bits per heavy atom. The topological polar surface area (TPSA) is 86.8 Å². The fourth-order valence-electron chi connectivity index (χ4n) is 2.39. The van der Waals surface area contributed by atoms with E-state index in [0.29, 0.717) is 6.54 Å². The summed E-state index contributed by atoms with van der Waals surface area (Å²) in [5, 5.41) is 3.47. The zero-order valence-corrected chi connectivity index (χ0v) is 16.2. The molecule has 0 unspecified atom stereocenters. The molecule has 0 saturated carbocycles. The van der Waals surface area contributed by atoms with Crippen LogP contribution in [-0.2, 0) is 32.2 Å². The zero-order chi connectivity index (χ0) is 19.8. The monoisotopic (exact) mass is 400 g/mol. The Labute approximate surface area is 166 Å². The van der Waals surface area contributed by atoms with Crippen LogP contribution in [0, 0.1) is 0 Å². The lowest BCUT2D eigenvalue weighted by molar-refractivity contribution is -0.153. The third-order valence-corrected chi connectivity index (χ3v) is 4.81. The molecule has 0 aliphatic heterocycles. The molecule has 1 amide bonds. The molecule has 8 heteroatoms. The molecular weight excluding hydrogens is 380 g/mol. The number of rotatable bonds is 9. The molecule has 0 spiro atoms.